The molecule has 1 aliphatic rings. The first-order valence-electron chi connectivity index (χ1n) is 27.2. The van der Waals surface area contributed by atoms with E-state index in [1.807, 2.05) is 78.9 Å². The van der Waals surface area contributed by atoms with Gasteiger partial charge in [0.1, 0.15) is 22.5 Å². The molecule has 0 amide bonds. The smallest absolute Gasteiger partial charge is 0.159 e. The number of hydrogen-bond donors (Lipinski definition) is 0. The molecule has 1 aliphatic heterocycles. The van der Waals surface area contributed by atoms with E-state index in [0.29, 0.717) is 0 Å². The lowest BCUT2D eigenvalue weighted by Gasteiger charge is -2.32. The Kier molecular flexibility index (Phi) is 12.5. The number of rotatable bonds is 12. The molecule has 0 fully saturated rings. The van der Waals surface area contributed by atoms with Gasteiger partial charge in [-0.1, -0.05) is 219 Å². The molecule has 14 rings (SSSR count). The third kappa shape index (κ3) is 9.19. The van der Waals surface area contributed by atoms with Gasteiger partial charge in [-0.15, -0.1) is 0 Å². The molecule has 0 saturated heterocycles. The molecule has 5 nitrogen and oxygen atoms in total. The first-order valence-corrected chi connectivity index (χ1v) is 27.2. The number of anilines is 5. The summed E-state index contributed by atoms with van der Waals surface area (Å²) in [7, 11) is 0. The number of allylic oxidation sites excluding steroid dienone is 3. The van der Waals surface area contributed by atoms with Crippen LogP contribution in [0.25, 0.3) is 93.8 Å². The Bertz CT molecular complexity index is 4630. The molecule has 0 saturated carbocycles. The Labute approximate surface area is 470 Å². The molecule has 0 bridgehead atoms. The number of para-hydroxylation sites is 3. The standard InChI is InChI=1S/C76H52N2O3/c1-51(60-23-10-9-21-58-22-11-13-29-71(58)79-50-60)31-32-52(2)77(61-40-33-55(34-41-61)53-17-5-3-6-18-53)64-46-47-67-68-27-15-24-59-39-48-70(76(74(59)68)81-73(67)49-64)78(62-42-35-56(36-43-62)54-19-7-4-8-20-54)63-44-37-57(38-45-63)65-26-16-28-69-66-25-12-14-30-72(66)80-75(65)69/h3-50H,1-2H2/b21-9?,23-10?,32-31-,60-50?. The van der Waals surface area contributed by atoms with Crippen LogP contribution in [0.15, 0.2) is 319 Å². The minimum absolute atomic E-state index is 0.728. The van der Waals surface area contributed by atoms with Gasteiger partial charge in [0.05, 0.1) is 12.0 Å². The van der Waals surface area contributed by atoms with Crippen molar-refractivity contribution in [3.05, 3.63) is 316 Å². The van der Waals surface area contributed by atoms with E-state index < -0.39 is 0 Å². The zero-order valence-electron chi connectivity index (χ0n) is 44.2. The van der Waals surface area contributed by atoms with Crippen LogP contribution in [0, 0.1) is 0 Å². The van der Waals surface area contributed by atoms with Gasteiger partial charge in [-0.2, -0.15) is 0 Å². The Morgan fingerprint density at radius 1 is 0.395 bits per heavy atom. The van der Waals surface area contributed by atoms with Crippen molar-refractivity contribution in [2.45, 2.75) is 0 Å². The van der Waals surface area contributed by atoms with E-state index in [9.17, 15) is 0 Å². The van der Waals surface area contributed by atoms with E-state index in [4.69, 9.17) is 20.2 Å². The Hall–Kier alpha value is -10.9. The van der Waals surface area contributed by atoms with Gasteiger partial charge in [0.2, 0.25) is 0 Å². The Morgan fingerprint density at radius 3 is 1.67 bits per heavy atom. The predicted molar refractivity (Wildman–Crippen MR) is 337 cm³/mol. The van der Waals surface area contributed by atoms with Crippen LogP contribution in [0.2, 0.25) is 0 Å². The van der Waals surface area contributed by atoms with E-state index in [1.165, 1.54) is 0 Å². The average molecular weight is 1040 g/mol. The van der Waals surface area contributed by atoms with Gasteiger partial charge >= 0.3 is 0 Å². The molecule has 0 atom stereocenters. The van der Waals surface area contributed by atoms with Crippen LogP contribution < -0.4 is 14.5 Å². The van der Waals surface area contributed by atoms with E-state index in [1.54, 1.807) is 6.26 Å². The fourth-order valence-corrected chi connectivity index (χ4v) is 11.2. The van der Waals surface area contributed by atoms with Crippen LogP contribution in [0.5, 0.6) is 11.5 Å². The highest BCUT2D eigenvalue weighted by atomic mass is 16.5. The third-order valence-corrected chi connectivity index (χ3v) is 15.3. The van der Waals surface area contributed by atoms with Crippen molar-refractivity contribution >= 4 is 77.7 Å². The van der Waals surface area contributed by atoms with Crippen LogP contribution in [-0.4, -0.2) is 0 Å². The van der Waals surface area contributed by atoms with Crippen molar-refractivity contribution in [3.63, 3.8) is 0 Å². The summed E-state index contributed by atoms with van der Waals surface area (Å²) in [4.78, 5) is 4.48. The summed E-state index contributed by atoms with van der Waals surface area (Å²) in [5, 5.41) is 5.34. The molecule has 2 aromatic heterocycles. The highest BCUT2D eigenvalue weighted by molar-refractivity contribution is 6.10. The largest absolute Gasteiger partial charge is 0.464 e. The summed E-state index contributed by atoms with van der Waals surface area (Å²) < 4.78 is 20.1. The van der Waals surface area contributed by atoms with Crippen molar-refractivity contribution in [2.75, 3.05) is 9.80 Å². The second kappa shape index (κ2) is 20.8. The molecule has 0 spiro atoms. The van der Waals surface area contributed by atoms with Gasteiger partial charge in [0.25, 0.3) is 0 Å². The molecule has 0 radical (unpaired) electrons. The molecule has 384 valence electrons. The Morgan fingerprint density at radius 2 is 0.951 bits per heavy atom. The monoisotopic (exact) mass is 1040 g/mol. The first kappa shape index (κ1) is 48.5. The fourth-order valence-electron chi connectivity index (χ4n) is 11.2. The van der Waals surface area contributed by atoms with E-state index in [2.05, 4.69) is 223 Å². The van der Waals surface area contributed by atoms with Crippen molar-refractivity contribution in [1.82, 2.24) is 0 Å². The van der Waals surface area contributed by atoms with Crippen molar-refractivity contribution in [2.24, 2.45) is 0 Å². The molecular formula is C76H52N2O3. The summed E-state index contributed by atoms with van der Waals surface area (Å²) in [6.45, 7) is 9.19. The number of benzene rings is 11. The highest BCUT2D eigenvalue weighted by Gasteiger charge is 2.28. The number of furan rings is 1. The van der Waals surface area contributed by atoms with E-state index >= 15 is 0 Å². The SMILES string of the molecule is C=C(/C=C\C(=C)N(c1ccc(-c2ccccc2)cc1)c1ccc2c(c1)Oc1c(N(c3ccc(-c4ccccc4)cc3)c3ccc(-c4cccc5c4oc4ccccc45)cc3)ccc3cccc-2c13)c1ccccc2ccccc2oc1. The quantitative estimate of drug-likeness (QED) is 0.114. The van der Waals surface area contributed by atoms with Gasteiger partial charge < -0.3 is 23.4 Å². The fraction of sp³-hybridized carbons (Fsp3) is 0. The van der Waals surface area contributed by atoms with Crippen molar-refractivity contribution in [1.29, 1.82) is 0 Å². The van der Waals surface area contributed by atoms with Crippen LogP contribution in [-0.2, 0) is 0 Å². The molecule has 81 heavy (non-hydrogen) atoms. The second-order valence-electron chi connectivity index (χ2n) is 20.2. The lowest BCUT2D eigenvalue weighted by molar-refractivity contribution is 0.488. The number of hydrogen-bond acceptors (Lipinski definition) is 5. The molecule has 13 aromatic rings. The molecule has 11 aromatic carbocycles. The Balaban J connectivity index is 0.869. The maximum absolute atomic E-state index is 7.41. The molecule has 3 heterocycles. The van der Waals surface area contributed by atoms with Crippen LogP contribution in [0.4, 0.5) is 28.4 Å². The van der Waals surface area contributed by atoms with Crippen LogP contribution >= 0.6 is 0 Å². The lowest BCUT2D eigenvalue weighted by Crippen LogP contribution is -2.15. The van der Waals surface area contributed by atoms with E-state index in [-0.39, 0.29) is 0 Å². The lowest BCUT2D eigenvalue weighted by atomic mass is 9.93. The summed E-state index contributed by atoms with van der Waals surface area (Å²) in [6.07, 6.45) is 5.76. The predicted octanol–water partition coefficient (Wildman–Crippen LogP) is 21.8. The zero-order chi connectivity index (χ0) is 54.2. The van der Waals surface area contributed by atoms with Gasteiger partial charge in [-0.25, -0.2) is 0 Å². The van der Waals surface area contributed by atoms with Gasteiger partial charge in [0.15, 0.2) is 5.75 Å². The summed E-state index contributed by atoms with van der Waals surface area (Å²) in [5.74, 6) is 1.49. The molecule has 0 aliphatic carbocycles. The molecule has 0 N–H and O–H groups in total. The maximum Gasteiger partial charge on any atom is 0.159 e. The molecule has 0 unspecified atom stereocenters. The summed E-state index contributed by atoms with van der Waals surface area (Å²) in [6, 6.07) is 95.2. The summed E-state index contributed by atoms with van der Waals surface area (Å²) in [5.41, 5.74) is 18.3. The topological polar surface area (TPSA) is 42.0 Å². The number of ether oxygens (including phenoxy) is 1. The summed E-state index contributed by atoms with van der Waals surface area (Å²) >= 11 is 0. The third-order valence-electron chi connectivity index (χ3n) is 15.3. The zero-order valence-corrected chi connectivity index (χ0v) is 44.2. The van der Waals surface area contributed by atoms with Crippen LogP contribution in [0.1, 0.15) is 5.56 Å². The first-order chi connectivity index (χ1) is 40.0. The van der Waals surface area contributed by atoms with Gasteiger partial charge in [0, 0.05) is 72.7 Å². The highest BCUT2D eigenvalue weighted by Crippen LogP contribution is 2.54. The average Bonchev–Trinajstić information content (AvgIpc) is 3.71. The minimum Gasteiger partial charge on any atom is -0.464 e. The maximum atomic E-state index is 7.41. The number of fused-ring (bicyclic) bond motifs is 6. The van der Waals surface area contributed by atoms with Gasteiger partial charge in [-0.3, -0.25) is 0 Å². The van der Waals surface area contributed by atoms with Crippen molar-refractivity contribution in [3.8, 4) is 56.0 Å². The van der Waals surface area contributed by atoms with Gasteiger partial charge in [-0.05, 0) is 117 Å². The number of nitrogens with zero attached hydrogens (tertiary/aromatic N) is 2. The molecule has 5 heteroatoms. The molecular weight excluding hydrogens is 989 g/mol. The second-order valence-corrected chi connectivity index (χ2v) is 20.2. The normalized spacial score (nSPS) is 11.6. The minimum atomic E-state index is 0.728. The van der Waals surface area contributed by atoms with Crippen molar-refractivity contribution < 1.29 is 13.6 Å². The van der Waals surface area contributed by atoms with Crippen LogP contribution in [0.3, 0.4) is 0 Å². The van der Waals surface area contributed by atoms with E-state index in [0.717, 1.165) is 145 Å².